The van der Waals surface area contributed by atoms with Crippen molar-refractivity contribution >= 4 is 28.3 Å². The highest BCUT2D eigenvalue weighted by molar-refractivity contribution is 7.17. The SMILES string of the molecule is CCCc1nc(NC(=O)c2ccc(F)cc2)sc1C(=O)O. The Balaban J connectivity index is 2.19. The number of thiazole rings is 1. The Morgan fingerprint density at radius 2 is 2.00 bits per heavy atom. The van der Waals surface area contributed by atoms with Gasteiger partial charge in [0.2, 0.25) is 0 Å². The summed E-state index contributed by atoms with van der Waals surface area (Å²) in [6.45, 7) is 1.92. The molecule has 21 heavy (non-hydrogen) atoms. The predicted molar refractivity (Wildman–Crippen MR) is 77.4 cm³/mol. The van der Waals surface area contributed by atoms with Crippen molar-refractivity contribution in [3.8, 4) is 0 Å². The average molecular weight is 308 g/mol. The number of amides is 1. The number of nitrogens with one attached hydrogen (secondary N) is 1. The van der Waals surface area contributed by atoms with Crippen LogP contribution in [-0.4, -0.2) is 22.0 Å². The monoisotopic (exact) mass is 308 g/mol. The fraction of sp³-hybridized carbons (Fsp3) is 0.214. The van der Waals surface area contributed by atoms with Crippen LogP contribution in [0.3, 0.4) is 0 Å². The first-order valence-electron chi connectivity index (χ1n) is 6.31. The third-order valence-electron chi connectivity index (χ3n) is 2.71. The summed E-state index contributed by atoms with van der Waals surface area (Å²) in [5.74, 6) is -1.94. The maximum absolute atomic E-state index is 12.8. The zero-order valence-corrected chi connectivity index (χ0v) is 12.0. The van der Waals surface area contributed by atoms with E-state index in [1.807, 2.05) is 6.92 Å². The summed E-state index contributed by atoms with van der Waals surface area (Å²) in [5.41, 5.74) is 0.741. The van der Waals surface area contributed by atoms with Crippen LogP contribution in [0.5, 0.6) is 0 Å². The molecule has 0 atom stereocenters. The quantitative estimate of drug-likeness (QED) is 0.889. The van der Waals surface area contributed by atoms with Gasteiger partial charge in [-0.05, 0) is 30.7 Å². The van der Waals surface area contributed by atoms with Crippen LogP contribution in [0.2, 0.25) is 0 Å². The minimum Gasteiger partial charge on any atom is -0.477 e. The van der Waals surface area contributed by atoms with E-state index in [2.05, 4.69) is 10.3 Å². The van der Waals surface area contributed by atoms with Crippen LogP contribution >= 0.6 is 11.3 Å². The lowest BCUT2D eigenvalue weighted by atomic mass is 10.2. The van der Waals surface area contributed by atoms with Crippen LogP contribution in [0.4, 0.5) is 9.52 Å². The van der Waals surface area contributed by atoms with E-state index in [1.54, 1.807) is 0 Å². The van der Waals surface area contributed by atoms with Crippen molar-refractivity contribution in [2.75, 3.05) is 5.32 Å². The van der Waals surface area contributed by atoms with E-state index in [-0.39, 0.29) is 15.6 Å². The van der Waals surface area contributed by atoms with E-state index in [0.29, 0.717) is 12.1 Å². The lowest BCUT2D eigenvalue weighted by Gasteiger charge is -2.01. The number of carbonyl (C=O) groups is 2. The normalized spacial score (nSPS) is 10.4. The van der Waals surface area contributed by atoms with Crippen molar-refractivity contribution in [3.63, 3.8) is 0 Å². The molecule has 5 nitrogen and oxygen atoms in total. The molecule has 2 N–H and O–H groups in total. The van der Waals surface area contributed by atoms with Crippen molar-refractivity contribution in [1.82, 2.24) is 4.98 Å². The molecular weight excluding hydrogens is 295 g/mol. The first kappa shape index (κ1) is 15.1. The number of aromatic nitrogens is 1. The van der Waals surface area contributed by atoms with Gasteiger partial charge in [0.15, 0.2) is 5.13 Å². The zero-order valence-electron chi connectivity index (χ0n) is 11.2. The predicted octanol–water partition coefficient (Wildman–Crippen LogP) is 3.19. The minimum absolute atomic E-state index is 0.131. The van der Waals surface area contributed by atoms with Crippen LogP contribution in [0.1, 0.15) is 39.1 Å². The lowest BCUT2D eigenvalue weighted by molar-refractivity contribution is 0.0700. The molecule has 7 heteroatoms. The number of carbonyl (C=O) groups excluding carboxylic acids is 1. The van der Waals surface area contributed by atoms with E-state index >= 15 is 0 Å². The van der Waals surface area contributed by atoms with Gasteiger partial charge in [-0.25, -0.2) is 14.2 Å². The Morgan fingerprint density at radius 3 is 2.57 bits per heavy atom. The maximum atomic E-state index is 12.8. The van der Waals surface area contributed by atoms with Crippen molar-refractivity contribution in [2.45, 2.75) is 19.8 Å². The van der Waals surface area contributed by atoms with Crippen LogP contribution in [-0.2, 0) is 6.42 Å². The molecule has 1 aromatic carbocycles. The van der Waals surface area contributed by atoms with Crippen LogP contribution in [0.15, 0.2) is 24.3 Å². The molecule has 0 saturated heterocycles. The summed E-state index contributed by atoms with van der Waals surface area (Å²) in [6, 6.07) is 5.07. The average Bonchev–Trinajstić information content (AvgIpc) is 2.83. The molecule has 0 spiro atoms. The van der Waals surface area contributed by atoms with Crippen molar-refractivity contribution in [1.29, 1.82) is 0 Å². The molecule has 0 fully saturated rings. The highest BCUT2D eigenvalue weighted by Crippen LogP contribution is 2.24. The molecule has 0 aliphatic heterocycles. The van der Waals surface area contributed by atoms with E-state index < -0.39 is 17.7 Å². The van der Waals surface area contributed by atoms with Crippen molar-refractivity contribution < 1.29 is 19.1 Å². The number of benzene rings is 1. The van der Waals surface area contributed by atoms with Gasteiger partial charge in [0.1, 0.15) is 10.7 Å². The number of anilines is 1. The maximum Gasteiger partial charge on any atom is 0.347 e. The second-order valence-electron chi connectivity index (χ2n) is 4.31. The molecule has 110 valence electrons. The van der Waals surface area contributed by atoms with Gasteiger partial charge in [0, 0.05) is 5.56 Å². The molecule has 0 aliphatic rings. The minimum atomic E-state index is -1.06. The fourth-order valence-corrected chi connectivity index (χ4v) is 2.59. The smallest absolute Gasteiger partial charge is 0.347 e. The summed E-state index contributed by atoms with van der Waals surface area (Å²) < 4.78 is 12.8. The van der Waals surface area contributed by atoms with Crippen LogP contribution in [0, 0.1) is 5.82 Å². The van der Waals surface area contributed by atoms with Gasteiger partial charge in [0.05, 0.1) is 5.69 Å². The van der Waals surface area contributed by atoms with Gasteiger partial charge in [0.25, 0.3) is 5.91 Å². The molecule has 0 saturated carbocycles. The number of carboxylic acids is 1. The van der Waals surface area contributed by atoms with Gasteiger partial charge in [-0.15, -0.1) is 0 Å². The highest BCUT2D eigenvalue weighted by Gasteiger charge is 2.18. The van der Waals surface area contributed by atoms with Crippen molar-refractivity contribution in [2.24, 2.45) is 0 Å². The molecule has 0 aliphatic carbocycles. The summed E-state index contributed by atoms with van der Waals surface area (Å²) in [6.07, 6.45) is 1.29. The summed E-state index contributed by atoms with van der Waals surface area (Å²) in [4.78, 5) is 27.3. The Kier molecular flexibility index (Phi) is 4.64. The van der Waals surface area contributed by atoms with Gasteiger partial charge in [-0.2, -0.15) is 0 Å². The molecule has 1 aromatic heterocycles. The number of nitrogens with zero attached hydrogens (tertiary/aromatic N) is 1. The molecular formula is C14H13FN2O3S. The summed E-state index contributed by atoms with van der Waals surface area (Å²) >= 11 is 0.917. The topological polar surface area (TPSA) is 79.3 Å². The molecule has 0 unspecified atom stereocenters. The first-order valence-corrected chi connectivity index (χ1v) is 7.12. The number of aryl methyl sites for hydroxylation is 1. The Labute approximate surface area is 124 Å². The van der Waals surface area contributed by atoms with Gasteiger partial charge in [-0.1, -0.05) is 24.7 Å². The van der Waals surface area contributed by atoms with Gasteiger partial charge >= 0.3 is 5.97 Å². The zero-order chi connectivity index (χ0) is 15.4. The molecule has 0 bridgehead atoms. The van der Waals surface area contributed by atoms with E-state index in [9.17, 15) is 14.0 Å². The van der Waals surface area contributed by atoms with Crippen LogP contribution < -0.4 is 5.32 Å². The number of halogens is 1. The van der Waals surface area contributed by atoms with Crippen LogP contribution in [0.25, 0.3) is 0 Å². The molecule has 2 aromatic rings. The number of carboxylic acid groups (broad SMARTS) is 1. The molecule has 2 rings (SSSR count). The first-order chi connectivity index (χ1) is 10.0. The second-order valence-corrected chi connectivity index (χ2v) is 5.31. The summed E-state index contributed by atoms with van der Waals surface area (Å²) in [7, 11) is 0. The van der Waals surface area contributed by atoms with E-state index in [0.717, 1.165) is 17.8 Å². The van der Waals surface area contributed by atoms with Gasteiger partial charge in [-0.3, -0.25) is 10.1 Å². The second kappa shape index (κ2) is 6.45. The Bertz CT molecular complexity index is 667. The van der Waals surface area contributed by atoms with E-state index in [1.165, 1.54) is 24.3 Å². The standard InChI is InChI=1S/C14H13FN2O3S/c1-2-3-10-11(13(19)20)21-14(16-10)17-12(18)8-4-6-9(15)7-5-8/h4-7H,2-3H2,1H3,(H,19,20)(H,16,17,18). The molecule has 0 radical (unpaired) electrons. The molecule has 1 amide bonds. The fourth-order valence-electron chi connectivity index (χ4n) is 1.75. The largest absolute Gasteiger partial charge is 0.477 e. The third-order valence-corrected chi connectivity index (χ3v) is 3.71. The number of aromatic carboxylic acids is 1. The number of hydrogen-bond acceptors (Lipinski definition) is 4. The van der Waals surface area contributed by atoms with Crippen molar-refractivity contribution in [3.05, 3.63) is 46.2 Å². The lowest BCUT2D eigenvalue weighted by Crippen LogP contribution is -2.11. The third kappa shape index (κ3) is 3.63. The van der Waals surface area contributed by atoms with E-state index in [4.69, 9.17) is 5.11 Å². The molecule has 1 heterocycles. The highest BCUT2D eigenvalue weighted by atomic mass is 32.1. The number of hydrogen-bond donors (Lipinski definition) is 2. The van der Waals surface area contributed by atoms with Gasteiger partial charge < -0.3 is 5.11 Å². The Morgan fingerprint density at radius 1 is 1.33 bits per heavy atom. The Hall–Kier alpha value is -2.28. The summed E-state index contributed by atoms with van der Waals surface area (Å²) in [5, 5.41) is 11.9. The number of rotatable bonds is 5.